The number of morpholine rings is 1. The molecule has 0 aliphatic carbocycles. The van der Waals surface area contributed by atoms with Crippen LogP contribution < -0.4 is 4.90 Å². The number of methoxy groups -OCH3 is 1. The Bertz CT molecular complexity index is 1210. The highest BCUT2D eigenvalue weighted by atomic mass is 28.4. The molecule has 3 aromatic rings. The Morgan fingerprint density at radius 2 is 1.73 bits per heavy atom. The topological polar surface area (TPSA) is 74.5 Å². The summed E-state index contributed by atoms with van der Waals surface area (Å²) < 4.78 is 19.9. The van der Waals surface area contributed by atoms with E-state index in [4.69, 9.17) is 29.0 Å². The quantitative estimate of drug-likeness (QED) is 0.361. The van der Waals surface area contributed by atoms with Crippen LogP contribution in [0, 0.1) is 13.8 Å². The van der Waals surface area contributed by atoms with Crippen molar-refractivity contribution in [2.75, 3.05) is 44.9 Å². The molecule has 0 amide bonds. The fraction of sp³-hybridized carbons (Fsp3) is 0.536. The Balaban J connectivity index is 1.73. The number of anilines is 1. The number of ether oxygens (including phenoxy) is 2. The minimum absolute atomic E-state index is 0.103. The Morgan fingerprint density at radius 1 is 1.03 bits per heavy atom. The van der Waals surface area contributed by atoms with Gasteiger partial charge in [0, 0.05) is 37.5 Å². The molecular weight excluding hydrogens is 482 g/mol. The molecule has 0 radical (unpaired) electrons. The highest BCUT2D eigenvalue weighted by Gasteiger charge is 2.38. The molecule has 1 aliphatic heterocycles. The Kier molecular flexibility index (Phi) is 8.18. The van der Waals surface area contributed by atoms with Crippen LogP contribution in [0.3, 0.4) is 0 Å². The van der Waals surface area contributed by atoms with Gasteiger partial charge in [-0.3, -0.25) is 0 Å². The molecule has 1 atom stereocenters. The van der Waals surface area contributed by atoms with Gasteiger partial charge in [-0.05, 0) is 44.1 Å². The number of aryl methyl sites for hydroxylation is 2. The van der Waals surface area contributed by atoms with Crippen LogP contribution in [0.2, 0.25) is 18.1 Å². The maximum absolute atomic E-state index is 6.51. The van der Waals surface area contributed by atoms with Crippen molar-refractivity contribution in [3.63, 3.8) is 0 Å². The molecule has 1 aromatic carbocycles. The highest BCUT2D eigenvalue weighted by Crippen LogP contribution is 2.37. The molecule has 0 saturated carbocycles. The molecule has 0 N–H and O–H groups in total. The summed E-state index contributed by atoms with van der Waals surface area (Å²) in [7, 11) is -0.274. The average Bonchev–Trinajstić information content (AvgIpc) is 3.26. The first-order chi connectivity index (χ1) is 17.5. The third-order valence-corrected chi connectivity index (χ3v) is 11.9. The van der Waals surface area contributed by atoms with Gasteiger partial charge < -0.3 is 18.8 Å². The monoisotopic (exact) mass is 523 g/mol. The van der Waals surface area contributed by atoms with Gasteiger partial charge in [0.25, 0.3) is 0 Å². The molecule has 8 nitrogen and oxygen atoms in total. The molecule has 37 heavy (non-hydrogen) atoms. The number of rotatable bonds is 8. The first kappa shape index (κ1) is 27.4. The summed E-state index contributed by atoms with van der Waals surface area (Å²) in [5.41, 5.74) is 4.20. The van der Waals surface area contributed by atoms with Gasteiger partial charge in [0.15, 0.2) is 20.0 Å². The summed E-state index contributed by atoms with van der Waals surface area (Å²) in [5, 5.41) is 5.04. The molecule has 4 rings (SSSR count). The van der Waals surface area contributed by atoms with Gasteiger partial charge in [0.2, 0.25) is 0 Å². The zero-order valence-corrected chi connectivity index (χ0v) is 24.5. The lowest BCUT2D eigenvalue weighted by atomic mass is 10.1. The summed E-state index contributed by atoms with van der Waals surface area (Å²) in [6, 6.07) is 12.5. The van der Waals surface area contributed by atoms with Crippen LogP contribution >= 0.6 is 0 Å². The standard InChI is InChI=1S/C28H41N5O3Si/c1-20-10-9-11-22(16-20)23-17-21(2)33(31-23)26-18-25(32-12-14-35-15-13-32)29-27(30-26)24(34-6)19-36-37(7,8)28(3,4)5/h9-11,16-18,24H,12-15,19H2,1-8H3/t24-/m1/s1. The van der Waals surface area contributed by atoms with Crippen LogP contribution in [0.4, 0.5) is 5.82 Å². The van der Waals surface area contributed by atoms with E-state index in [1.807, 2.05) is 10.7 Å². The van der Waals surface area contributed by atoms with Crippen LogP contribution in [0.1, 0.15) is 44.0 Å². The average molecular weight is 524 g/mol. The second-order valence-electron chi connectivity index (χ2n) is 11.3. The van der Waals surface area contributed by atoms with E-state index in [0.29, 0.717) is 25.6 Å². The molecule has 1 fully saturated rings. The lowest BCUT2D eigenvalue weighted by Gasteiger charge is -2.37. The summed E-state index contributed by atoms with van der Waals surface area (Å²) in [4.78, 5) is 12.1. The molecule has 0 bridgehead atoms. The third-order valence-electron chi connectivity index (χ3n) is 7.44. The van der Waals surface area contributed by atoms with Gasteiger partial charge in [-0.1, -0.05) is 44.5 Å². The number of hydrogen-bond donors (Lipinski definition) is 0. The van der Waals surface area contributed by atoms with Crippen molar-refractivity contribution < 1.29 is 13.9 Å². The molecule has 3 heterocycles. The molecule has 0 unspecified atom stereocenters. The van der Waals surface area contributed by atoms with Crippen molar-refractivity contribution in [1.82, 2.24) is 19.7 Å². The number of hydrogen-bond acceptors (Lipinski definition) is 7. The van der Waals surface area contributed by atoms with Crippen LogP contribution in [0.5, 0.6) is 0 Å². The number of nitrogens with zero attached hydrogens (tertiary/aromatic N) is 5. The lowest BCUT2D eigenvalue weighted by molar-refractivity contribution is 0.0463. The first-order valence-electron chi connectivity index (χ1n) is 13.0. The smallest absolute Gasteiger partial charge is 0.192 e. The van der Waals surface area contributed by atoms with Crippen molar-refractivity contribution >= 4 is 14.1 Å². The van der Waals surface area contributed by atoms with E-state index >= 15 is 0 Å². The van der Waals surface area contributed by atoms with Crippen molar-refractivity contribution in [2.24, 2.45) is 0 Å². The van der Waals surface area contributed by atoms with Crippen molar-refractivity contribution in [3.05, 3.63) is 53.5 Å². The second-order valence-corrected chi connectivity index (χ2v) is 16.1. The fourth-order valence-corrected chi connectivity index (χ4v) is 5.05. The fourth-order valence-electron chi connectivity index (χ4n) is 4.05. The minimum atomic E-state index is -1.97. The molecular formula is C28H41N5O3Si. The SMILES string of the molecule is CO[C@H](CO[Si](C)(C)C(C)(C)C)c1nc(N2CCOCC2)cc(-n2nc(-c3cccc(C)c3)cc2C)n1. The Labute approximate surface area is 222 Å². The molecule has 1 aliphatic rings. The predicted molar refractivity (Wildman–Crippen MR) is 150 cm³/mol. The van der Waals surface area contributed by atoms with Gasteiger partial charge in [0.05, 0.1) is 25.5 Å². The number of aromatic nitrogens is 4. The van der Waals surface area contributed by atoms with Gasteiger partial charge in [0.1, 0.15) is 11.9 Å². The van der Waals surface area contributed by atoms with Gasteiger partial charge >= 0.3 is 0 Å². The summed E-state index contributed by atoms with van der Waals surface area (Å²) in [6.07, 6.45) is -0.388. The van der Waals surface area contributed by atoms with Crippen molar-refractivity contribution in [1.29, 1.82) is 0 Å². The first-order valence-corrected chi connectivity index (χ1v) is 15.9. The van der Waals surface area contributed by atoms with Crippen LogP contribution in [-0.4, -0.2) is 68.1 Å². The van der Waals surface area contributed by atoms with E-state index in [9.17, 15) is 0 Å². The number of benzene rings is 1. The zero-order valence-electron chi connectivity index (χ0n) is 23.5. The summed E-state index contributed by atoms with van der Waals surface area (Å²) in [6.45, 7) is 18.7. The van der Waals surface area contributed by atoms with Gasteiger partial charge in [-0.2, -0.15) is 5.10 Å². The van der Waals surface area contributed by atoms with E-state index in [1.54, 1.807) is 7.11 Å². The van der Waals surface area contributed by atoms with E-state index in [2.05, 4.69) is 82.9 Å². The van der Waals surface area contributed by atoms with E-state index in [1.165, 1.54) is 5.56 Å². The van der Waals surface area contributed by atoms with E-state index < -0.39 is 8.32 Å². The Morgan fingerprint density at radius 3 is 2.38 bits per heavy atom. The molecule has 1 saturated heterocycles. The van der Waals surface area contributed by atoms with E-state index in [0.717, 1.165) is 41.7 Å². The molecule has 2 aromatic heterocycles. The maximum Gasteiger partial charge on any atom is 0.192 e. The van der Waals surface area contributed by atoms with Crippen molar-refractivity contribution in [3.8, 4) is 17.1 Å². The highest BCUT2D eigenvalue weighted by molar-refractivity contribution is 6.74. The van der Waals surface area contributed by atoms with Gasteiger partial charge in [-0.25, -0.2) is 14.6 Å². The predicted octanol–water partition coefficient (Wildman–Crippen LogP) is 5.49. The largest absolute Gasteiger partial charge is 0.414 e. The summed E-state index contributed by atoms with van der Waals surface area (Å²) >= 11 is 0. The van der Waals surface area contributed by atoms with Gasteiger partial charge in [-0.15, -0.1) is 0 Å². The summed E-state index contributed by atoms with van der Waals surface area (Å²) in [5.74, 6) is 2.18. The maximum atomic E-state index is 6.51. The second kappa shape index (κ2) is 11.0. The van der Waals surface area contributed by atoms with Crippen LogP contribution in [-0.2, 0) is 13.9 Å². The Hall–Kier alpha value is -2.59. The molecule has 9 heteroatoms. The zero-order chi connectivity index (χ0) is 26.8. The third kappa shape index (κ3) is 6.29. The minimum Gasteiger partial charge on any atom is -0.414 e. The normalized spacial score (nSPS) is 15.7. The van der Waals surface area contributed by atoms with Crippen LogP contribution in [0.15, 0.2) is 36.4 Å². The molecule has 200 valence electrons. The lowest BCUT2D eigenvalue weighted by Crippen LogP contribution is -2.42. The van der Waals surface area contributed by atoms with Crippen molar-refractivity contribution in [2.45, 2.75) is 58.9 Å². The van der Waals surface area contributed by atoms with E-state index in [-0.39, 0.29) is 11.1 Å². The van der Waals surface area contributed by atoms with Crippen LogP contribution in [0.25, 0.3) is 17.1 Å². The molecule has 0 spiro atoms.